The molecule has 1 aliphatic heterocycles. The van der Waals surface area contributed by atoms with Gasteiger partial charge in [0, 0.05) is 39.4 Å². The lowest BCUT2D eigenvalue weighted by Crippen LogP contribution is -2.55. The number of nitriles is 1. The van der Waals surface area contributed by atoms with E-state index in [1.165, 1.54) is 6.07 Å². The molecule has 2 aromatic rings. The largest absolute Gasteiger partial charge is 0.465 e. The third-order valence-electron chi connectivity index (χ3n) is 5.02. The lowest BCUT2D eigenvalue weighted by atomic mass is 10.0. The monoisotopic (exact) mass is 370 g/mol. The summed E-state index contributed by atoms with van der Waals surface area (Å²) in [7, 11) is 1.57. The van der Waals surface area contributed by atoms with Crippen LogP contribution in [0.25, 0.3) is 10.9 Å². The quantitative estimate of drug-likeness (QED) is 0.820. The molecule has 0 radical (unpaired) electrons. The average Bonchev–Trinajstić information content (AvgIpc) is 2.67. The van der Waals surface area contributed by atoms with Gasteiger partial charge >= 0.3 is 6.09 Å². The van der Waals surface area contributed by atoms with E-state index in [0.29, 0.717) is 38.2 Å². The van der Waals surface area contributed by atoms with Crippen LogP contribution in [0.1, 0.15) is 12.0 Å². The Labute approximate surface area is 156 Å². The molecular formula is C19H22N4O4. The van der Waals surface area contributed by atoms with Crippen LogP contribution in [-0.4, -0.2) is 59.6 Å². The normalized spacial score (nSPS) is 20.3. The second-order valence-electron chi connectivity index (χ2n) is 6.63. The third kappa shape index (κ3) is 4.27. The maximum absolute atomic E-state index is 12.4. The second kappa shape index (κ2) is 8.20. The molecule has 1 fully saturated rings. The smallest absolute Gasteiger partial charge is 0.404 e. The Kier molecular flexibility index (Phi) is 5.74. The fraction of sp³-hybridized carbons (Fsp3) is 0.421. The van der Waals surface area contributed by atoms with Crippen LogP contribution < -0.4 is 10.9 Å². The van der Waals surface area contributed by atoms with Crippen LogP contribution in [-0.2, 0) is 11.3 Å². The standard InChI is InChI=1S/C19H22N4O4/c1-27-17-12-22(7-6-15(17)21-19(25)26)8-9-23-16-10-13(11-20)2-3-14(16)4-5-18(23)24/h2-5,10,15,17,21H,6-9,12H2,1H3,(H,25,26)/t15-,17+/m0/s1. The number of benzene rings is 1. The van der Waals surface area contributed by atoms with Gasteiger partial charge in [0.25, 0.3) is 5.56 Å². The molecule has 2 N–H and O–H groups in total. The summed E-state index contributed by atoms with van der Waals surface area (Å²) in [6, 6.07) is 10.5. The molecule has 2 atom stereocenters. The van der Waals surface area contributed by atoms with Crippen LogP contribution in [0.2, 0.25) is 0 Å². The number of pyridine rings is 1. The van der Waals surface area contributed by atoms with Crippen LogP contribution in [0, 0.1) is 11.3 Å². The van der Waals surface area contributed by atoms with Crippen molar-refractivity contribution in [1.29, 1.82) is 5.26 Å². The molecule has 1 aromatic carbocycles. The number of aromatic nitrogens is 1. The number of ether oxygens (including phenoxy) is 1. The van der Waals surface area contributed by atoms with Gasteiger partial charge in [0.15, 0.2) is 0 Å². The van der Waals surface area contributed by atoms with Crippen molar-refractivity contribution in [3.63, 3.8) is 0 Å². The fourth-order valence-electron chi connectivity index (χ4n) is 3.58. The third-order valence-corrected chi connectivity index (χ3v) is 5.02. The lowest BCUT2D eigenvalue weighted by Gasteiger charge is -2.37. The number of amides is 1. The van der Waals surface area contributed by atoms with Gasteiger partial charge in [-0.05, 0) is 30.0 Å². The first-order valence-corrected chi connectivity index (χ1v) is 8.80. The molecule has 8 heteroatoms. The fourth-order valence-corrected chi connectivity index (χ4v) is 3.58. The molecule has 8 nitrogen and oxygen atoms in total. The molecule has 2 heterocycles. The summed E-state index contributed by atoms with van der Waals surface area (Å²) in [5.74, 6) is 0. The number of hydrogen-bond donors (Lipinski definition) is 2. The van der Waals surface area contributed by atoms with Crippen molar-refractivity contribution >= 4 is 17.0 Å². The maximum atomic E-state index is 12.4. The molecule has 0 spiro atoms. The zero-order chi connectivity index (χ0) is 19.4. The molecule has 142 valence electrons. The van der Waals surface area contributed by atoms with Gasteiger partial charge in [-0.3, -0.25) is 9.69 Å². The molecule has 1 saturated heterocycles. The SMILES string of the molecule is CO[C@@H]1CN(CCn2c(=O)ccc3ccc(C#N)cc32)CC[C@@H]1NC(=O)O. The van der Waals surface area contributed by atoms with Crippen LogP contribution in [0.5, 0.6) is 0 Å². The summed E-state index contributed by atoms with van der Waals surface area (Å²) in [6.45, 7) is 2.42. The van der Waals surface area contributed by atoms with Crippen molar-refractivity contribution in [2.24, 2.45) is 0 Å². The first kappa shape index (κ1) is 18.9. The number of carboxylic acid groups (broad SMARTS) is 1. The number of piperidine rings is 1. The van der Waals surface area contributed by atoms with E-state index in [2.05, 4.69) is 16.3 Å². The molecule has 1 aliphatic rings. The molecule has 1 aromatic heterocycles. The zero-order valence-electron chi connectivity index (χ0n) is 15.1. The molecule has 27 heavy (non-hydrogen) atoms. The molecule has 1 amide bonds. The highest BCUT2D eigenvalue weighted by Crippen LogP contribution is 2.16. The summed E-state index contributed by atoms with van der Waals surface area (Å²) in [5.41, 5.74) is 1.15. The van der Waals surface area contributed by atoms with Crippen molar-refractivity contribution in [1.82, 2.24) is 14.8 Å². The Morgan fingerprint density at radius 2 is 2.15 bits per heavy atom. The van der Waals surface area contributed by atoms with Gasteiger partial charge in [-0.1, -0.05) is 6.07 Å². The first-order valence-electron chi connectivity index (χ1n) is 8.80. The number of fused-ring (bicyclic) bond motifs is 1. The number of hydrogen-bond acceptors (Lipinski definition) is 5. The zero-order valence-corrected chi connectivity index (χ0v) is 15.1. The second-order valence-corrected chi connectivity index (χ2v) is 6.63. The highest BCUT2D eigenvalue weighted by Gasteiger charge is 2.30. The number of methoxy groups -OCH3 is 1. The Morgan fingerprint density at radius 1 is 1.37 bits per heavy atom. The van der Waals surface area contributed by atoms with E-state index in [4.69, 9.17) is 15.1 Å². The van der Waals surface area contributed by atoms with Crippen LogP contribution in [0.4, 0.5) is 4.79 Å². The van der Waals surface area contributed by atoms with Crippen molar-refractivity contribution in [3.8, 4) is 6.07 Å². The van der Waals surface area contributed by atoms with Crippen molar-refractivity contribution in [2.75, 3.05) is 26.7 Å². The van der Waals surface area contributed by atoms with Gasteiger partial charge in [0.1, 0.15) is 0 Å². The van der Waals surface area contributed by atoms with Crippen molar-refractivity contribution in [2.45, 2.75) is 25.1 Å². The van der Waals surface area contributed by atoms with E-state index < -0.39 is 6.09 Å². The number of likely N-dealkylation sites (tertiary alicyclic amines) is 1. The minimum atomic E-state index is -1.05. The molecule has 0 unspecified atom stereocenters. The van der Waals surface area contributed by atoms with E-state index in [9.17, 15) is 9.59 Å². The Balaban J connectivity index is 1.74. The number of carbonyl (C=O) groups is 1. The summed E-state index contributed by atoms with van der Waals surface area (Å²) in [6.07, 6.45) is -0.635. The highest BCUT2D eigenvalue weighted by atomic mass is 16.5. The van der Waals surface area contributed by atoms with Gasteiger partial charge in [0.2, 0.25) is 0 Å². The number of nitrogens with zero attached hydrogens (tertiary/aromatic N) is 3. The Bertz CT molecular complexity index is 933. The molecule has 0 bridgehead atoms. The van der Waals surface area contributed by atoms with Gasteiger partial charge in [-0.15, -0.1) is 0 Å². The molecule has 0 aliphatic carbocycles. The minimum Gasteiger partial charge on any atom is -0.465 e. The van der Waals surface area contributed by atoms with Gasteiger partial charge in [-0.2, -0.15) is 5.26 Å². The summed E-state index contributed by atoms with van der Waals surface area (Å²) < 4.78 is 7.12. The van der Waals surface area contributed by atoms with E-state index in [1.54, 1.807) is 29.9 Å². The van der Waals surface area contributed by atoms with E-state index in [0.717, 1.165) is 10.9 Å². The molecule has 0 saturated carbocycles. The first-order chi connectivity index (χ1) is 13.0. The Morgan fingerprint density at radius 3 is 2.85 bits per heavy atom. The summed E-state index contributed by atoms with van der Waals surface area (Å²) in [5, 5.41) is 21.5. The predicted octanol–water partition coefficient (Wildman–Crippen LogP) is 1.23. The summed E-state index contributed by atoms with van der Waals surface area (Å²) >= 11 is 0. The highest BCUT2D eigenvalue weighted by molar-refractivity contribution is 5.80. The predicted molar refractivity (Wildman–Crippen MR) is 99.7 cm³/mol. The van der Waals surface area contributed by atoms with Gasteiger partial charge < -0.3 is 19.7 Å². The lowest BCUT2D eigenvalue weighted by molar-refractivity contribution is 0.00610. The van der Waals surface area contributed by atoms with Crippen LogP contribution >= 0.6 is 0 Å². The van der Waals surface area contributed by atoms with E-state index in [-0.39, 0.29) is 17.7 Å². The van der Waals surface area contributed by atoms with Crippen LogP contribution in [0.3, 0.4) is 0 Å². The molecular weight excluding hydrogens is 348 g/mol. The average molecular weight is 370 g/mol. The minimum absolute atomic E-state index is 0.108. The number of nitrogens with one attached hydrogen (secondary N) is 1. The van der Waals surface area contributed by atoms with Crippen molar-refractivity contribution < 1.29 is 14.6 Å². The topological polar surface area (TPSA) is 108 Å². The van der Waals surface area contributed by atoms with Gasteiger partial charge in [-0.25, -0.2) is 4.79 Å². The summed E-state index contributed by atoms with van der Waals surface area (Å²) in [4.78, 5) is 25.4. The van der Waals surface area contributed by atoms with E-state index in [1.807, 2.05) is 6.07 Å². The maximum Gasteiger partial charge on any atom is 0.404 e. The number of rotatable bonds is 5. The Hall–Kier alpha value is -2.89. The van der Waals surface area contributed by atoms with Gasteiger partial charge in [0.05, 0.1) is 29.3 Å². The molecule has 3 rings (SSSR count). The van der Waals surface area contributed by atoms with Crippen LogP contribution in [0.15, 0.2) is 35.1 Å². The van der Waals surface area contributed by atoms with E-state index >= 15 is 0 Å². The van der Waals surface area contributed by atoms with Crippen molar-refractivity contribution in [3.05, 3.63) is 46.2 Å².